The van der Waals surface area contributed by atoms with E-state index in [9.17, 15) is 27.9 Å². The predicted molar refractivity (Wildman–Crippen MR) is 127 cm³/mol. The molecule has 2 aromatic carbocycles. The Kier molecular flexibility index (Phi) is 7.31. The summed E-state index contributed by atoms with van der Waals surface area (Å²) in [5, 5.41) is 13.7. The van der Waals surface area contributed by atoms with E-state index in [0.29, 0.717) is 26.0 Å². The summed E-state index contributed by atoms with van der Waals surface area (Å²) in [6.07, 6.45) is -3.47. The predicted octanol–water partition coefficient (Wildman–Crippen LogP) is 4.14. The Morgan fingerprint density at radius 3 is 2.39 bits per heavy atom. The molecule has 2 heterocycles. The Labute approximate surface area is 208 Å². The Morgan fingerprint density at radius 2 is 1.75 bits per heavy atom. The first-order chi connectivity index (χ1) is 17.1. The van der Waals surface area contributed by atoms with E-state index in [1.807, 2.05) is 31.2 Å². The number of hydrogen-bond acceptors (Lipinski definition) is 4. The minimum atomic E-state index is -5.19. The van der Waals surface area contributed by atoms with Gasteiger partial charge >= 0.3 is 6.18 Å². The maximum atomic E-state index is 14.1. The highest BCUT2D eigenvalue weighted by Crippen LogP contribution is 2.51. The lowest BCUT2D eigenvalue weighted by molar-refractivity contribution is -0.262. The lowest BCUT2D eigenvalue weighted by atomic mass is 9.62. The second kappa shape index (κ2) is 10.1. The number of hydrogen-bond donors (Lipinski definition) is 2. The summed E-state index contributed by atoms with van der Waals surface area (Å²) in [6.45, 7) is 2.95. The summed E-state index contributed by atoms with van der Waals surface area (Å²) in [7, 11) is 0. The molecule has 0 aromatic heterocycles. The number of ether oxygens (including phenoxy) is 1. The van der Waals surface area contributed by atoms with Gasteiger partial charge in [-0.2, -0.15) is 13.2 Å². The van der Waals surface area contributed by atoms with Gasteiger partial charge in [0.15, 0.2) is 0 Å². The zero-order chi connectivity index (χ0) is 26.0. The molecule has 194 valence electrons. The van der Waals surface area contributed by atoms with Crippen LogP contribution in [0.2, 0.25) is 0 Å². The maximum absolute atomic E-state index is 14.1. The number of halogens is 3. The van der Waals surface area contributed by atoms with E-state index in [2.05, 4.69) is 5.32 Å². The molecule has 9 heteroatoms. The lowest BCUT2D eigenvalue weighted by Gasteiger charge is -2.50. The molecule has 4 rings (SSSR count). The van der Waals surface area contributed by atoms with Crippen molar-refractivity contribution in [1.82, 2.24) is 10.2 Å². The van der Waals surface area contributed by atoms with Gasteiger partial charge < -0.3 is 20.1 Å². The van der Waals surface area contributed by atoms with Crippen LogP contribution in [0.4, 0.5) is 13.2 Å². The highest BCUT2D eigenvalue weighted by atomic mass is 19.4. The SMILES string of the molecule is CCCOc1ccccc1C1CNC(=O)CC12CCN(C(=O)[C@](O)(c1ccccc1)C(F)(F)F)CC2. The number of likely N-dealkylation sites (tertiary alicyclic amines) is 1. The van der Waals surface area contributed by atoms with Gasteiger partial charge in [-0.1, -0.05) is 55.5 Å². The number of piperidine rings is 2. The Bertz CT molecular complexity index is 1080. The molecular formula is C27H31F3N2O4. The molecule has 0 saturated carbocycles. The van der Waals surface area contributed by atoms with Crippen LogP contribution in [0.3, 0.4) is 0 Å². The van der Waals surface area contributed by atoms with Crippen molar-refractivity contribution in [3.63, 3.8) is 0 Å². The number of benzene rings is 2. The Balaban J connectivity index is 1.60. The number of amides is 2. The van der Waals surface area contributed by atoms with Crippen LogP contribution in [0.1, 0.15) is 49.7 Å². The molecule has 2 amide bonds. The molecule has 2 saturated heterocycles. The Hall–Kier alpha value is -3.07. The van der Waals surface area contributed by atoms with Gasteiger partial charge in [0.2, 0.25) is 5.91 Å². The van der Waals surface area contributed by atoms with E-state index in [1.54, 1.807) is 0 Å². The van der Waals surface area contributed by atoms with Crippen molar-refractivity contribution in [3.05, 3.63) is 65.7 Å². The van der Waals surface area contributed by atoms with Crippen molar-refractivity contribution < 1.29 is 32.6 Å². The van der Waals surface area contributed by atoms with E-state index in [4.69, 9.17) is 4.74 Å². The first-order valence-electron chi connectivity index (χ1n) is 12.2. The first-order valence-corrected chi connectivity index (χ1v) is 12.2. The van der Waals surface area contributed by atoms with Crippen LogP contribution < -0.4 is 10.1 Å². The average Bonchev–Trinajstić information content (AvgIpc) is 2.87. The van der Waals surface area contributed by atoms with Gasteiger partial charge in [-0.25, -0.2) is 0 Å². The first kappa shape index (κ1) is 26.0. The number of carbonyl (C=O) groups excluding carboxylic acids is 2. The van der Waals surface area contributed by atoms with E-state index < -0.39 is 28.7 Å². The van der Waals surface area contributed by atoms with Crippen LogP contribution in [-0.4, -0.2) is 54.2 Å². The van der Waals surface area contributed by atoms with Crippen LogP contribution in [-0.2, 0) is 15.2 Å². The monoisotopic (exact) mass is 504 g/mol. The summed E-state index contributed by atoms with van der Waals surface area (Å²) in [6, 6.07) is 14.1. The quantitative estimate of drug-likeness (QED) is 0.620. The van der Waals surface area contributed by atoms with E-state index in [1.165, 1.54) is 18.2 Å². The number of nitrogens with zero attached hydrogens (tertiary/aromatic N) is 1. The van der Waals surface area contributed by atoms with E-state index >= 15 is 0 Å². The summed E-state index contributed by atoms with van der Waals surface area (Å²) >= 11 is 0. The molecule has 1 spiro atoms. The minimum Gasteiger partial charge on any atom is -0.493 e. The number of para-hydroxylation sites is 1. The van der Waals surface area contributed by atoms with Gasteiger partial charge in [0.25, 0.3) is 11.5 Å². The van der Waals surface area contributed by atoms with Crippen LogP contribution in [0.15, 0.2) is 54.6 Å². The summed E-state index contributed by atoms with van der Waals surface area (Å²) in [4.78, 5) is 26.7. The third-order valence-corrected chi connectivity index (χ3v) is 7.47. The topological polar surface area (TPSA) is 78.9 Å². The highest BCUT2D eigenvalue weighted by molar-refractivity contribution is 5.87. The van der Waals surface area contributed by atoms with E-state index in [0.717, 1.165) is 34.8 Å². The molecule has 0 radical (unpaired) electrons. The highest BCUT2D eigenvalue weighted by Gasteiger charge is 2.62. The molecule has 2 aliphatic heterocycles. The summed E-state index contributed by atoms with van der Waals surface area (Å²) in [5.41, 5.74) is -3.74. The number of nitrogens with one attached hydrogen (secondary N) is 1. The van der Waals surface area contributed by atoms with Crippen molar-refractivity contribution >= 4 is 11.8 Å². The molecule has 6 nitrogen and oxygen atoms in total. The molecule has 36 heavy (non-hydrogen) atoms. The molecular weight excluding hydrogens is 473 g/mol. The second-order valence-electron chi connectivity index (χ2n) is 9.65. The number of alkyl halides is 3. The lowest BCUT2D eigenvalue weighted by Crippen LogP contribution is -2.59. The van der Waals surface area contributed by atoms with Gasteiger partial charge in [0.1, 0.15) is 5.75 Å². The van der Waals surface area contributed by atoms with Crippen LogP contribution in [0.5, 0.6) is 5.75 Å². The van der Waals surface area contributed by atoms with Gasteiger partial charge in [-0.05, 0) is 36.3 Å². The fourth-order valence-corrected chi connectivity index (χ4v) is 5.49. The maximum Gasteiger partial charge on any atom is 0.430 e. The third kappa shape index (κ3) is 4.68. The van der Waals surface area contributed by atoms with E-state index in [-0.39, 0.29) is 31.3 Å². The average molecular weight is 505 g/mol. The largest absolute Gasteiger partial charge is 0.493 e. The molecule has 0 bridgehead atoms. The number of aliphatic hydroxyl groups is 1. The normalized spacial score (nSPS) is 21.5. The smallest absolute Gasteiger partial charge is 0.430 e. The molecule has 0 aliphatic carbocycles. The van der Waals surface area contributed by atoms with Crippen molar-refractivity contribution in [2.75, 3.05) is 26.2 Å². The molecule has 1 unspecified atom stereocenters. The molecule has 2 fully saturated rings. The zero-order valence-corrected chi connectivity index (χ0v) is 20.2. The van der Waals surface area contributed by atoms with Gasteiger partial charge in [-0.15, -0.1) is 0 Å². The van der Waals surface area contributed by atoms with Crippen molar-refractivity contribution in [1.29, 1.82) is 0 Å². The standard InChI is InChI=1S/C27H31F3N2O4/c1-2-16-36-22-11-7-6-10-20(22)21-18-31-23(33)17-25(21)12-14-32(15-13-25)24(34)26(35,27(28,29)30)19-8-4-3-5-9-19/h3-11,21,35H,2,12-18H2,1H3,(H,31,33)/t21?,26-/m1/s1. The molecule has 2 N–H and O–H groups in total. The Morgan fingerprint density at radius 1 is 1.11 bits per heavy atom. The van der Waals surface area contributed by atoms with Crippen molar-refractivity contribution in [3.8, 4) is 5.75 Å². The minimum absolute atomic E-state index is 0.00577. The van der Waals surface area contributed by atoms with Crippen LogP contribution in [0, 0.1) is 5.41 Å². The van der Waals surface area contributed by atoms with Gasteiger partial charge in [-0.3, -0.25) is 9.59 Å². The van der Waals surface area contributed by atoms with Gasteiger partial charge in [0.05, 0.1) is 6.61 Å². The van der Waals surface area contributed by atoms with Gasteiger partial charge in [0, 0.05) is 37.5 Å². The zero-order valence-electron chi connectivity index (χ0n) is 20.2. The van der Waals surface area contributed by atoms with Crippen LogP contribution >= 0.6 is 0 Å². The number of carbonyl (C=O) groups is 2. The fourth-order valence-electron chi connectivity index (χ4n) is 5.49. The molecule has 2 atom stereocenters. The summed E-state index contributed by atoms with van der Waals surface area (Å²) < 4.78 is 48.1. The molecule has 2 aromatic rings. The van der Waals surface area contributed by atoms with Crippen molar-refractivity contribution in [2.45, 2.75) is 50.3 Å². The summed E-state index contributed by atoms with van der Waals surface area (Å²) in [5.74, 6) is -0.890. The fraction of sp³-hybridized carbons (Fsp3) is 0.481. The molecule has 2 aliphatic rings. The van der Waals surface area contributed by atoms with Crippen LogP contribution in [0.25, 0.3) is 0 Å². The van der Waals surface area contributed by atoms with Crippen molar-refractivity contribution in [2.24, 2.45) is 5.41 Å². The second-order valence-corrected chi connectivity index (χ2v) is 9.65. The number of rotatable bonds is 6. The third-order valence-electron chi connectivity index (χ3n) is 7.47.